The second kappa shape index (κ2) is 30.0. The van der Waals surface area contributed by atoms with Gasteiger partial charge in [-0.15, -0.1) is 0 Å². The Kier molecular flexibility index (Phi) is 26.6. The van der Waals surface area contributed by atoms with E-state index in [1.165, 1.54) is 0 Å². The van der Waals surface area contributed by atoms with E-state index in [2.05, 4.69) is 87.1 Å². The van der Waals surface area contributed by atoms with Crippen molar-refractivity contribution < 1.29 is 47.8 Å². The van der Waals surface area contributed by atoms with Crippen LogP contribution >= 0.6 is 0 Å². The van der Waals surface area contributed by atoms with Crippen molar-refractivity contribution in [1.82, 2.24) is 31.1 Å². The molecule has 2 aliphatic heterocycles. The van der Waals surface area contributed by atoms with Gasteiger partial charge in [-0.3, -0.25) is 9.59 Å². The number of nitrogens with zero attached hydrogens (tertiary/aromatic N) is 2. The highest BCUT2D eigenvalue weighted by molar-refractivity contribution is 5.83. The smallest absolute Gasteiger partial charge is 0.407 e. The van der Waals surface area contributed by atoms with Crippen LogP contribution in [0.5, 0.6) is 0 Å². The summed E-state index contributed by atoms with van der Waals surface area (Å²) in [6.07, 6.45) is 4.44. The molecule has 1 unspecified atom stereocenters. The van der Waals surface area contributed by atoms with Crippen molar-refractivity contribution in [2.24, 2.45) is 11.8 Å². The minimum atomic E-state index is -0.532. The van der Waals surface area contributed by atoms with Crippen LogP contribution in [-0.2, 0) is 51.1 Å². The van der Waals surface area contributed by atoms with Crippen LogP contribution in [0.3, 0.4) is 0 Å². The van der Waals surface area contributed by atoms with Gasteiger partial charge in [0.25, 0.3) is 0 Å². The molecule has 4 rings (SSSR count). The van der Waals surface area contributed by atoms with Gasteiger partial charge in [0, 0.05) is 50.3 Å². The summed E-state index contributed by atoms with van der Waals surface area (Å²) in [4.78, 5) is 87.5. The number of benzene rings is 2. The van der Waals surface area contributed by atoms with Gasteiger partial charge in [0.1, 0.15) is 11.2 Å². The summed E-state index contributed by atoms with van der Waals surface area (Å²) in [5.74, 6) is 1.35. The predicted octanol–water partition coefficient (Wildman–Crippen LogP) is 6.33. The third-order valence-electron chi connectivity index (χ3n) is 10.5. The average Bonchev–Trinajstić information content (AvgIpc) is 3.46. The third-order valence-corrected chi connectivity index (χ3v) is 10.5. The normalized spacial score (nSPS) is 19.6. The number of carbonyl (C=O) groups excluding carboxylic acids is 8. The molecule has 0 spiro atoms. The molecule has 2 heterocycles. The largest absolute Gasteiger partial charge is 0.444 e. The summed E-state index contributed by atoms with van der Waals surface area (Å²) in [6, 6.07) is 19.9. The van der Waals surface area contributed by atoms with Crippen LogP contribution < -0.4 is 21.3 Å². The van der Waals surface area contributed by atoms with Crippen molar-refractivity contribution >= 4 is 36.3 Å². The highest BCUT2D eigenvalue weighted by atomic mass is 16.6. The average molecular weight is 923 g/mol. The molecule has 2 fully saturated rings. The van der Waals surface area contributed by atoms with E-state index in [4.69, 9.17) is 28.7 Å². The first kappa shape index (κ1) is 58.6. The molecule has 0 aliphatic carbocycles. The fraction of sp³-hybridized carbons (Fsp3) is 0.640. The Balaban J connectivity index is 0.000000589. The molecule has 0 saturated carbocycles. The summed E-state index contributed by atoms with van der Waals surface area (Å²) < 4.78 is 10.7. The number of alkyl carbamates (subject to hydrolysis) is 2. The number of hydrogen-bond donors (Lipinski definition) is 4. The standard InChI is InChI=1S/2C24H39N3O3.2CO2/c2*1-17(2)14-18(3)27-13-12-20(16-25-23(29)30-24(4,5)6)26-21(22(27)28)15-19-10-8-7-9-11-19;2*2-1-3/h2*7-11,17-18,20-21,26H,12-16H2,1-6H3,(H,25,29);;/t18-,20?,21+;18-,20+,21+;;/m11../s1. The van der Waals surface area contributed by atoms with Crippen LogP contribution in [0.15, 0.2) is 60.7 Å². The molecule has 2 saturated heterocycles. The first-order valence-electron chi connectivity index (χ1n) is 23.1. The highest BCUT2D eigenvalue weighted by Crippen LogP contribution is 2.21. The van der Waals surface area contributed by atoms with Crippen LogP contribution in [0.4, 0.5) is 9.59 Å². The van der Waals surface area contributed by atoms with Crippen LogP contribution in [0, 0.1) is 11.8 Å². The maximum Gasteiger partial charge on any atom is 0.407 e. The lowest BCUT2D eigenvalue weighted by Crippen LogP contribution is -2.51. The maximum atomic E-state index is 13.4. The van der Waals surface area contributed by atoms with Gasteiger partial charge in [-0.05, 0) is 117 Å². The number of rotatable bonds is 14. The molecular formula is C50H78N6O10. The molecule has 0 aromatic heterocycles. The zero-order valence-corrected chi connectivity index (χ0v) is 41.4. The fourth-order valence-corrected chi connectivity index (χ4v) is 7.94. The minimum Gasteiger partial charge on any atom is -0.444 e. The van der Waals surface area contributed by atoms with Gasteiger partial charge < -0.3 is 40.5 Å². The van der Waals surface area contributed by atoms with E-state index in [-0.39, 0.29) is 60.4 Å². The monoisotopic (exact) mass is 923 g/mol. The molecule has 2 aromatic carbocycles. The number of hydrogen-bond acceptors (Lipinski definition) is 12. The molecule has 16 heteroatoms. The SMILES string of the molecule is CC(C)C[C@@H](C)N1CCC(CNC(=O)OC(C)(C)C)N[C@@H](Cc2ccccc2)C1=O.CC(C)C[C@@H](C)N1CC[C@@H](CNC(=O)OC(C)(C)C)N[C@@H](Cc2ccccc2)C1=O.O=C=O.O=C=O. The van der Waals surface area contributed by atoms with E-state index in [1.807, 2.05) is 87.7 Å². The van der Waals surface area contributed by atoms with E-state index < -0.39 is 23.4 Å². The Labute approximate surface area is 393 Å². The zero-order chi connectivity index (χ0) is 50.0. The maximum absolute atomic E-state index is 13.4. The molecule has 6 atom stereocenters. The van der Waals surface area contributed by atoms with Gasteiger partial charge in [0.05, 0.1) is 12.1 Å². The third kappa shape index (κ3) is 24.8. The van der Waals surface area contributed by atoms with Crippen LogP contribution in [0.2, 0.25) is 0 Å². The zero-order valence-electron chi connectivity index (χ0n) is 41.4. The van der Waals surface area contributed by atoms with Crippen molar-refractivity contribution in [1.29, 1.82) is 0 Å². The summed E-state index contributed by atoms with van der Waals surface area (Å²) in [7, 11) is 0. The number of ether oxygens (including phenoxy) is 2. The number of amides is 4. The Hall–Kier alpha value is -5.40. The second-order valence-corrected chi connectivity index (χ2v) is 19.7. The van der Waals surface area contributed by atoms with Gasteiger partial charge in [-0.25, -0.2) is 9.59 Å². The number of carbonyl (C=O) groups is 4. The molecule has 368 valence electrons. The van der Waals surface area contributed by atoms with Crippen LogP contribution in [-0.4, -0.2) is 120 Å². The Morgan fingerprint density at radius 2 is 0.909 bits per heavy atom. The van der Waals surface area contributed by atoms with Crippen LogP contribution in [0.1, 0.15) is 120 Å². The molecule has 0 bridgehead atoms. The predicted molar refractivity (Wildman–Crippen MR) is 251 cm³/mol. The van der Waals surface area contributed by atoms with Crippen LogP contribution in [0.25, 0.3) is 0 Å². The van der Waals surface area contributed by atoms with E-state index in [1.54, 1.807) is 0 Å². The summed E-state index contributed by atoms with van der Waals surface area (Å²) in [5.41, 5.74) is 1.19. The van der Waals surface area contributed by atoms with Gasteiger partial charge in [0.2, 0.25) is 11.8 Å². The topological polar surface area (TPSA) is 210 Å². The molecule has 4 amide bonds. The van der Waals surface area contributed by atoms with E-state index >= 15 is 0 Å². The summed E-state index contributed by atoms with van der Waals surface area (Å²) in [6.45, 7) is 26.3. The van der Waals surface area contributed by atoms with Crippen molar-refractivity contribution in [3.63, 3.8) is 0 Å². The van der Waals surface area contributed by atoms with E-state index in [9.17, 15) is 19.2 Å². The first-order chi connectivity index (χ1) is 30.9. The van der Waals surface area contributed by atoms with Gasteiger partial charge in [-0.1, -0.05) is 88.4 Å². The summed E-state index contributed by atoms with van der Waals surface area (Å²) >= 11 is 0. The van der Waals surface area contributed by atoms with Gasteiger partial charge in [-0.2, -0.15) is 19.2 Å². The highest BCUT2D eigenvalue weighted by Gasteiger charge is 2.35. The first-order valence-corrected chi connectivity index (χ1v) is 23.1. The minimum absolute atomic E-state index is 0.00595. The molecule has 2 aromatic rings. The lowest BCUT2D eigenvalue weighted by atomic mass is 10.0. The molecular weight excluding hydrogens is 845 g/mol. The Morgan fingerprint density at radius 1 is 0.606 bits per heavy atom. The van der Waals surface area contributed by atoms with Crippen molar-refractivity contribution in [3.05, 3.63) is 71.8 Å². The second-order valence-electron chi connectivity index (χ2n) is 19.7. The van der Waals surface area contributed by atoms with E-state index in [0.717, 1.165) is 36.8 Å². The molecule has 16 nitrogen and oxygen atoms in total. The van der Waals surface area contributed by atoms with Crippen molar-refractivity contribution in [3.8, 4) is 0 Å². The van der Waals surface area contributed by atoms with Gasteiger partial charge >= 0.3 is 24.5 Å². The molecule has 4 N–H and O–H groups in total. The van der Waals surface area contributed by atoms with E-state index in [0.29, 0.717) is 50.9 Å². The molecule has 66 heavy (non-hydrogen) atoms. The molecule has 0 radical (unpaired) electrons. The fourth-order valence-electron chi connectivity index (χ4n) is 7.94. The Morgan fingerprint density at radius 3 is 1.18 bits per heavy atom. The lowest BCUT2D eigenvalue weighted by molar-refractivity contribution is -0.193. The molecule has 2 aliphatic rings. The van der Waals surface area contributed by atoms with Crippen molar-refractivity contribution in [2.45, 2.75) is 169 Å². The number of nitrogens with one attached hydrogen (secondary N) is 4. The Bertz CT molecular complexity index is 1670. The lowest BCUT2D eigenvalue weighted by Gasteiger charge is -2.31. The van der Waals surface area contributed by atoms with Crippen molar-refractivity contribution in [2.75, 3.05) is 26.2 Å². The van der Waals surface area contributed by atoms with Gasteiger partial charge in [0.15, 0.2) is 0 Å². The summed E-state index contributed by atoms with van der Waals surface area (Å²) in [5, 5.41) is 12.7. The quantitative estimate of drug-likeness (QED) is 0.164.